The Hall–Kier alpha value is -1.50. The zero-order valence-corrected chi connectivity index (χ0v) is 16.3. The van der Waals surface area contributed by atoms with Gasteiger partial charge in [0, 0.05) is 27.5 Å². The molecule has 0 fully saturated rings. The number of thioether (sulfide) groups is 1. The number of aromatic nitrogens is 2. The van der Waals surface area contributed by atoms with Gasteiger partial charge in [0.1, 0.15) is 0 Å². The summed E-state index contributed by atoms with van der Waals surface area (Å²) in [4.78, 5) is 31.2. The molecule has 2 N–H and O–H groups in total. The molecule has 0 bridgehead atoms. The van der Waals surface area contributed by atoms with E-state index in [-0.39, 0.29) is 11.5 Å². The van der Waals surface area contributed by atoms with Crippen LogP contribution in [0.5, 0.6) is 0 Å². The second-order valence-electron chi connectivity index (χ2n) is 5.55. The van der Waals surface area contributed by atoms with Gasteiger partial charge in [-0.05, 0) is 38.0 Å². The molecule has 0 saturated heterocycles. The summed E-state index contributed by atoms with van der Waals surface area (Å²) in [5, 5.41) is 3.62. The van der Waals surface area contributed by atoms with Crippen LogP contribution in [-0.4, -0.2) is 21.1 Å². The summed E-state index contributed by atoms with van der Waals surface area (Å²) in [6.07, 6.45) is 2.74. The van der Waals surface area contributed by atoms with E-state index < -0.39 is 5.25 Å². The second-order valence-corrected chi connectivity index (χ2v) is 7.76. The first kappa shape index (κ1) is 19.8. The number of H-pyrrole nitrogens is 1. The number of hydrogen-bond acceptors (Lipinski definition) is 4. The third kappa shape index (κ3) is 6.38. The maximum Gasteiger partial charge on any atom is 0.251 e. The third-order valence-electron chi connectivity index (χ3n) is 3.35. The van der Waals surface area contributed by atoms with Crippen LogP contribution in [0, 0.1) is 0 Å². The van der Waals surface area contributed by atoms with Crippen molar-refractivity contribution < 1.29 is 4.79 Å². The summed E-state index contributed by atoms with van der Waals surface area (Å²) in [5.41, 5.74) is 1.05. The Morgan fingerprint density at radius 1 is 1.28 bits per heavy atom. The molecule has 134 valence electrons. The highest BCUT2D eigenvalue weighted by Crippen LogP contribution is 2.24. The molecule has 8 heteroatoms. The van der Waals surface area contributed by atoms with Crippen molar-refractivity contribution in [3.8, 4) is 0 Å². The average Bonchev–Trinajstić information content (AvgIpc) is 2.51. The van der Waals surface area contributed by atoms with E-state index in [2.05, 4.69) is 22.2 Å². The Morgan fingerprint density at radius 3 is 2.60 bits per heavy atom. The number of amides is 1. The number of carbonyl (C=O) groups is 1. The monoisotopic (exact) mass is 399 g/mol. The summed E-state index contributed by atoms with van der Waals surface area (Å²) in [6, 6.07) is 6.33. The number of rotatable bonds is 7. The molecule has 1 atom stereocenters. The van der Waals surface area contributed by atoms with Crippen LogP contribution >= 0.6 is 35.0 Å². The Bertz CT molecular complexity index is 790. The predicted octanol–water partition coefficient (Wildman–Crippen LogP) is 4.54. The lowest BCUT2D eigenvalue weighted by molar-refractivity contribution is -0.115. The predicted molar refractivity (Wildman–Crippen MR) is 104 cm³/mol. The smallest absolute Gasteiger partial charge is 0.251 e. The van der Waals surface area contributed by atoms with E-state index in [0.29, 0.717) is 20.9 Å². The van der Waals surface area contributed by atoms with Gasteiger partial charge >= 0.3 is 0 Å². The minimum absolute atomic E-state index is 0.210. The van der Waals surface area contributed by atoms with Crippen LogP contribution in [0.2, 0.25) is 10.0 Å². The molecule has 0 spiro atoms. The van der Waals surface area contributed by atoms with Crippen LogP contribution in [0.1, 0.15) is 32.4 Å². The Labute approximate surface area is 160 Å². The molecule has 0 radical (unpaired) electrons. The van der Waals surface area contributed by atoms with Crippen LogP contribution in [0.25, 0.3) is 0 Å². The van der Waals surface area contributed by atoms with E-state index in [1.165, 1.54) is 17.8 Å². The van der Waals surface area contributed by atoms with Crippen molar-refractivity contribution in [2.45, 2.75) is 43.5 Å². The molecular formula is C17H19Cl2N3O2S. The van der Waals surface area contributed by atoms with Gasteiger partial charge in [-0.2, -0.15) is 0 Å². The Morgan fingerprint density at radius 2 is 1.96 bits per heavy atom. The Balaban J connectivity index is 2.05. The van der Waals surface area contributed by atoms with Crippen molar-refractivity contribution in [2.75, 3.05) is 5.32 Å². The molecule has 1 heterocycles. The van der Waals surface area contributed by atoms with Crippen molar-refractivity contribution >= 4 is 46.6 Å². The van der Waals surface area contributed by atoms with Crippen molar-refractivity contribution in [3.05, 3.63) is 50.4 Å². The topological polar surface area (TPSA) is 74.8 Å². The molecular weight excluding hydrogens is 381 g/mol. The number of benzene rings is 1. The highest BCUT2D eigenvalue weighted by atomic mass is 35.5. The van der Waals surface area contributed by atoms with Gasteiger partial charge in [-0.15, -0.1) is 0 Å². The molecule has 1 aromatic heterocycles. The largest absolute Gasteiger partial charge is 0.325 e. The van der Waals surface area contributed by atoms with Gasteiger partial charge in [0.05, 0.1) is 5.25 Å². The summed E-state index contributed by atoms with van der Waals surface area (Å²) in [7, 11) is 0. The van der Waals surface area contributed by atoms with E-state index in [1.807, 2.05) is 0 Å². The highest BCUT2D eigenvalue weighted by Gasteiger charge is 2.17. The first-order chi connectivity index (χ1) is 11.9. The maximum atomic E-state index is 12.3. The quantitative estimate of drug-likeness (QED) is 0.529. The standard InChI is InChI=1S/C17H19Cl2N3O2S/c1-3-4-5-13-9-15(23)22-17(21-13)25-10(2)16(24)20-14-7-11(18)6-12(19)8-14/h6-10H,3-5H2,1-2H3,(H,20,24)(H,21,22,23). The van der Waals surface area contributed by atoms with Gasteiger partial charge in [-0.25, -0.2) is 4.98 Å². The number of carbonyl (C=O) groups excluding carboxylic acids is 1. The van der Waals surface area contributed by atoms with E-state index >= 15 is 0 Å². The number of halogens is 2. The van der Waals surface area contributed by atoms with E-state index in [9.17, 15) is 9.59 Å². The first-order valence-corrected chi connectivity index (χ1v) is 9.54. The maximum absolute atomic E-state index is 12.3. The molecule has 0 saturated carbocycles. The Kier molecular flexibility index (Phi) is 7.35. The van der Waals surface area contributed by atoms with Gasteiger partial charge in [-0.1, -0.05) is 48.3 Å². The van der Waals surface area contributed by atoms with Gasteiger partial charge in [-0.3, -0.25) is 9.59 Å². The van der Waals surface area contributed by atoms with Crippen molar-refractivity contribution in [2.24, 2.45) is 0 Å². The summed E-state index contributed by atoms with van der Waals surface area (Å²) < 4.78 is 0. The lowest BCUT2D eigenvalue weighted by Crippen LogP contribution is -2.23. The van der Waals surface area contributed by atoms with Crippen LogP contribution in [-0.2, 0) is 11.2 Å². The van der Waals surface area contributed by atoms with Gasteiger partial charge < -0.3 is 10.3 Å². The van der Waals surface area contributed by atoms with E-state index in [4.69, 9.17) is 23.2 Å². The number of anilines is 1. The molecule has 1 amide bonds. The second kappa shape index (κ2) is 9.27. The van der Waals surface area contributed by atoms with Crippen LogP contribution < -0.4 is 10.9 Å². The lowest BCUT2D eigenvalue weighted by Gasteiger charge is -2.12. The summed E-state index contributed by atoms with van der Waals surface area (Å²) in [5.74, 6) is -0.232. The molecule has 2 rings (SSSR count). The summed E-state index contributed by atoms with van der Waals surface area (Å²) in [6.45, 7) is 3.82. The lowest BCUT2D eigenvalue weighted by atomic mass is 10.2. The minimum atomic E-state index is -0.456. The summed E-state index contributed by atoms with van der Waals surface area (Å²) >= 11 is 13.1. The fourth-order valence-electron chi connectivity index (χ4n) is 2.12. The SMILES string of the molecule is CCCCc1cc(=O)[nH]c(SC(C)C(=O)Nc2cc(Cl)cc(Cl)c2)n1. The molecule has 25 heavy (non-hydrogen) atoms. The molecule has 0 aliphatic heterocycles. The van der Waals surface area contributed by atoms with E-state index in [0.717, 1.165) is 25.0 Å². The van der Waals surface area contributed by atoms with E-state index in [1.54, 1.807) is 25.1 Å². The zero-order valence-electron chi connectivity index (χ0n) is 13.9. The minimum Gasteiger partial charge on any atom is -0.325 e. The van der Waals surface area contributed by atoms with Crippen LogP contribution in [0.4, 0.5) is 5.69 Å². The molecule has 1 aromatic carbocycles. The number of hydrogen-bond donors (Lipinski definition) is 2. The average molecular weight is 400 g/mol. The molecule has 1 unspecified atom stereocenters. The van der Waals surface area contributed by atoms with Gasteiger partial charge in [0.25, 0.3) is 5.56 Å². The first-order valence-electron chi connectivity index (χ1n) is 7.91. The number of nitrogens with zero attached hydrogens (tertiary/aromatic N) is 1. The fourth-order valence-corrected chi connectivity index (χ4v) is 3.47. The van der Waals surface area contributed by atoms with Gasteiger partial charge in [0.2, 0.25) is 5.91 Å². The third-order valence-corrected chi connectivity index (χ3v) is 4.77. The number of nitrogens with one attached hydrogen (secondary N) is 2. The van der Waals surface area contributed by atoms with Crippen LogP contribution in [0.15, 0.2) is 34.2 Å². The van der Waals surface area contributed by atoms with Crippen molar-refractivity contribution in [1.82, 2.24) is 9.97 Å². The number of aryl methyl sites for hydroxylation is 1. The van der Waals surface area contributed by atoms with Crippen molar-refractivity contribution in [1.29, 1.82) is 0 Å². The van der Waals surface area contributed by atoms with Crippen LogP contribution in [0.3, 0.4) is 0 Å². The zero-order chi connectivity index (χ0) is 18.4. The molecule has 5 nitrogen and oxygen atoms in total. The normalized spacial score (nSPS) is 12.0. The van der Waals surface area contributed by atoms with Crippen molar-refractivity contribution in [3.63, 3.8) is 0 Å². The number of unbranched alkanes of at least 4 members (excludes halogenated alkanes) is 1. The van der Waals surface area contributed by atoms with Gasteiger partial charge in [0.15, 0.2) is 5.16 Å². The molecule has 0 aliphatic carbocycles. The fraction of sp³-hybridized carbons (Fsp3) is 0.353. The highest BCUT2D eigenvalue weighted by molar-refractivity contribution is 8.00. The number of aromatic amines is 1. The molecule has 2 aromatic rings. The molecule has 0 aliphatic rings.